The second kappa shape index (κ2) is 10.0. The lowest BCUT2D eigenvalue weighted by molar-refractivity contribution is -0.148. The number of ether oxygens (including phenoxy) is 1. The Balaban J connectivity index is 1.41. The van der Waals surface area contributed by atoms with Crippen molar-refractivity contribution in [2.75, 3.05) is 37.6 Å². The molecular formula is C29H43N2O3. The third-order valence-electron chi connectivity index (χ3n) is 8.89. The van der Waals surface area contributed by atoms with Gasteiger partial charge in [0.2, 0.25) is 0 Å². The molecule has 5 nitrogen and oxygen atoms in total. The zero-order chi connectivity index (χ0) is 24.6. The minimum atomic E-state index is -0.918. The van der Waals surface area contributed by atoms with Gasteiger partial charge in [-0.1, -0.05) is 32.1 Å². The van der Waals surface area contributed by atoms with Crippen LogP contribution in [0.15, 0.2) is 29.8 Å². The Labute approximate surface area is 206 Å². The Morgan fingerprint density at radius 1 is 1.18 bits per heavy atom. The summed E-state index contributed by atoms with van der Waals surface area (Å²) in [6, 6.07) is 6.61. The second-order valence-electron chi connectivity index (χ2n) is 11.1. The van der Waals surface area contributed by atoms with Crippen LogP contribution in [0.5, 0.6) is 0 Å². The number of esters is 1. The van der Waals surface area contributed by atoms with E-state index in [0.717, 1.165) is 51.1 Å². The average molecular weight is 468 g/mol. The van der Waals surface area contributed by atoms with Crippen LogP contribution in [-0.4, -0.2) is 60.4 Å². The zero-order valence-corrected chi connectivity index (χ0v) is 21.9. The first-order valence-electron chi connectivity index (χ1n) is 13.1. The molecule has 0 amide bonds. The highest BCUT2D eigenvalue weighted by Gasteiger charge is 2.53. The van der Waals surface area contributed by atoms with Crippen LogP contribution in [0.3, 0.4) is 0 Å². The first-order valence-corrected chi connectivity index (χ1v) is 13.1. The van der Waals surface area contributed by atoms with Gasteiger partial charge < -0.3 is 14.7 Å². The van der Waals surface area contributed by atoms with Gasteiger partial charge in [-0.3, -0.25) is 9.69 Å². The highest BCUT2D eigenvalue weighted by Crippen LogP contribution is 2.50. The van der Waals surface area contributed by atoms with Gasteiger partial charge >= 0.3 is 5.97 Å². The molecule has 5 heteroatoms. The summed E-state index contributed by atoms with van der Waals surface area (Å²) in [5.74, 6) is 0.838. The lowest BCUT2D eigenvalue weighted by atomic mass is 9.57. The number of anilines is 1. The highest BCUT2D eigenvalue weighted by molar-refractivity contribution is 5.66. The van der Waals surface area contributed by atoms with Gasteiger partial charge in [0.1, 0.15) is 6.10 Å². The summed E-state index contributed by atoms with van der Waals surface area (Å²) in [6.45, 7) is 17.7. The Bertz CT molecular complexity index is 920. The summed E-state index contributed by atoms with van der Waals surface area (Å²) in [5, 5.41) is 11.8. The van der Waals surface area contributed by atoms with Crippen LogP contribution in [-0.2, 0) is 9.53 Å². The standard InChI is InChI=1S/C29H43N2O3/c1-19-8-7-9-27(23(19)5)31-14-12-30(13-15-31)18-21(3)25-11-10-22(4)29(33)17-28(34-24(6)32)20(2)16-26(25)29/h7-9,16-17,21-22,25-26,28,33H,10-15,18H2,1-6H3/t21?,22-,25+,26-,28-,29-/m1/s1. The largest absolute Gasteiger partial charge is 0.458 e. The number of fused-ring (bicyclic) bond motifs is 1. The fourth-order valence-corrected chi connectivity index (χ4v) is 6.55. The average Bonchev–Trinajstić information content (AvgIpc) is 2.78. The third kappa shape index (κ3) is 4.92. The molecule has 2 aliphatic carbocycles. The van der Waals surface area contributed by atoms with E-state index in [1.807, 2.05) is 13.3 Å². The fraction of sp³-hybridized carbons (Fsp3) is 0.655. The number of benzene rings is 1. The number of hydrogen-bond donors (Lipinski definition) is 1. The molecule has 1 heterocycles. The molecule has 1 saturated heterocycles. The van der Waals surface area contributed by atoms with E-state index in [0.29, 0.717) is 11.8 Å². The minimum absolute atomic E-state index is 0.0780. The maximum absolute atomic E-state index is 11.8. The van der Waals surface area contributed by atoms with Crippen molar-refractivity contribution in [2.45, 2.75) is 66.1 Å². The van der Waals surface area contributed by atoms with Crippen LogP contribution >= 0.6 is 0 Å². The van der Waals surface area contributed by atoms with Crippen LogP contribution in [0, 0.1) is 43.9 Å². The van der Waals surface area contributed by atoms with Crippen LogP contribution in [0.2, 0.25) is 0 Å². The molecule has 0 aromatic heterocycles. The Morgan fingerprint density at radius 3 is 2.56 bits per heavy atom. The number of nitrogens with zero attached hydrogens (tertiary/aromatic N) is 2. The lowest BCUT2D eigenvalue weighted by Crippen LogP contribution is -2.57. The van der Waals surface area contributed by atoms with Gasteiger partial charge in [0.05, 0.1) is 5.60 Å². The van der Waals surface area contributed by atoms with E-state index >= 15 is 0 Å². The topological polar surface area (TPSA) is 53.0 Å². The molecule has 1 aromatic rings. The van der Waals surface area contributed by atoms with Crippen molar-refractivity contribution in [3.8, 4) is 0 Å². The number of rotatable bonds is 5. The summed E-state index contributed by atoms with van der Waals surface area (Å²) in [5.41, 5.74) is 4.25. The summed E-state index contributed by atoms with van der Waals surface area (Å²) < 4.78 is 5.51. The van der Waals surface area contributed by atoms with Gasteiger partial charge in [0, 0.05) is 57.7 Å². The van der Waals surface area contributed by atoms with E-state index in [4.69, 9.17) is 4.74 Å². The van der Waals surface area contributed by atoms with Crippen molar-refractivity contribution in [3.63, 3.8) is 0 Å². The number of hydrogen-bond acceptors (Lipinski definition) is 5. The van der Waals surface area contributed by atoms with Crippen molar-refractivity contribution in [3.05, 3.63) is 47.4 Å². The normalized spacial score (nSPS) is 33.1. The predicted octanol–water partition coefficient (Wildman–Crippen LogP) is 4.55. The van der Waals surface area contributed by atoms with Gasteiger partial charge in [-0.2, -0.15) is 0 Å². The molecule has 0 bridgehead atoms. The van der Waals surface area contributed by atoms with Gasteiger partial charge in [0.15, 0.2) is 0 Å². The van der Waals surface area contributed by atoms with Crippen molar-refractivity contribution in [1.82, 2.24) is 4.90 Å². The third-order valence-corrected chi connectivity index (χ3v) is 8.89. The second-order valence-corrected chi connectivity index (χ2v) is 11.1. The van der Waals surface area contributed by atoms with Gasteiger partial charge in [-0.15, -0.1) is 0 Å². The van der Waals surface area contributed by atoms with E-state index in [-0.39, 0.29) is 17.8 Å². The molecule has 6 atom stereocenters. The van der Waals surface area contributed by atoms with Crippen LogP contribution in [0.1, 0.15) is 51.7 Å². The molecule has 1 unspecified atom stereocenters. The molecule has 34 heavy (non-hydrogen) atoms. The number of piperazine rings is 1. The quantitative estimate of drug-likeness (QED) is 0.509. The van der Waals surface area contributed by atoms with Crippen molar-refractivity contribution >= 4 is 11.7 Å². The molecule has 3 aliphatic rings. The number of aryl methyl sites for hydroxylation is 1. The van der Waals surface area contributed by atoms with Crippen molar-refractivity contribution in [1.29, 1.82) is 0 Å². The summed E-state index contributed by atoms with van der Waals surface area (Å²) in [6.07, 6.45) is 5.84. The van der Waals surface area contributed by atoms with E-state index in [2.05, 4.69) is 61.8 Å². The first-order chi connectivity index (χ1) is 16.1. The first kappa shape index (κ1) is 25.2. The number of aliphatic hydroxyl groups is 1. The molecule has 1 radical (unpaired) electrons. The van der Waals surface area contributed by atoms with Gasteiger partial charge in [-0.25, -0.2) is 0 Å². The molecule has 1 aromatic carbocycles. The van der Waals surface area contributed by atoms with Crippen LogP contribution in [0.4, 0.5) is 5.69 Å². The monoisotopic (exact) mass is 467 g/mol. The van der Waals surface area contributed by atoms with E-state index in [1.54, 1.807) is 0 Å². The molecule has 0 spiro atoms. The van der Waals surface area contributed by atoms with Gasteiger partial charge in [0.25, 0.3) is 0 Å². The minimum Gasteiger partial charge on any atom is -0.458 e. The number of carbonyl (C=O) groups is 1. The Kier molecular flexibility index (Phi) is 7.44. The molecule has 4 rings (SSSR count). The van der Waals surface area contributed by atoms with Crippen molar-refractivity contribution in [2.24, 2.45) is 23.7 Å². The lowest BCUT2D eigenvalue weighted by Gasteiger charge is -2.53. The smallest absolute Gasteiger partial charge is 0.303 e. The maximum atomic E-state index is 11.8. The Hall–Kier alpha value is -1.85. The molecule has 1 N–H and O–H groups in total. The van der Waals surface area contributed by atoms with E-state index in [9.17, 15) is 9.90 Å². The molecule has 187 valence electrons. The van der Waals surface area contributed by atoms with Crippen LogP contribution in [0.25, 0.3) is 0 Å². The predicted molar refractivity (Wildman–Crippen MR) is 138 cm³/mol. The van der Waals surface area contributed by atoms with Gasteiger partial charge in [-0.05, 0) is 74.1 Å². The van der Waals surface area contributed by atoms with E-state index in [1.165, 1.54) is 23.7 Å². The summed E-state index contributed by atoms with van der Waals surface area (Å²) >= 11 is 0. The zero-order valence-electron chi connectivity index (χ0n) is 21.9. The molecule has 1 aliphatic heterocycles. The molecule has 2 fully saturated rings. The molecule has 1 saturated carbocycles. The number of carbonyl (C=O) groups excluding carboxylic acids is 1. The van der Waals surface area contributed by atoms with E-state index < -0.39 is 11.7 Å². The fourth-order valence-electron chi connectivity index (χ4n) is 6.55. The Morgan fingerprint density at radius 2 is 1.88 bits per heavy atom. The summed E-state index contributed by atoms with van der Waals surface area (Å²) in [4.78, 5) is 16.7. The maximum Gasteiger partial charge on any atom is 0.303 e. The molecular weight excluding hydrogens is 424 g/mol. The highest BCUT2D eigenvalue weighted by atomic mass is 16.5. The van der Waals surface area contributed by atoms with Crippen molar-refractivity contribution < 1.29 is 14.6 Å². The summed E-state index contributed by atoms with van der Waals surface area (Å²) in [7, 11) is 0. The van der Waals surface area contributed by atoms with Crippen LogP contribution < -0.4 is 4.90 Å². The SMILES string of the molecule is CC(=O)O[C@@H]1[CH][C@@]2(O)[C@H](C)CC[C@@H](C(C)CN3CCN(c4cccc(C)c4C)CC3)[C@H]2C=C1C.